The molecule has 1 atom stereocenters. The zero-order valence-corrected chi connectivity index (χ0v) is 10.8. The molecule has 5 heteroatoms. The van der Waals surface area contributed by atoms with Crippen molar-refractivity contribution in [1.29, 1.82) is 0 Å². The van der Waals surface area contributed by atoms with E-state index in [4.69, 9.17) is 5.73 Å². The van der Waals surface area contributed by atoms with Gasteiger partial charge in [0.25, 0.3) is 0 Å². The Morgan fingerprint density at radius 3 is 2.39 bits per heavy atom. The maximum Gasteiger partial charge on any atom is 0.325 e. The second kappa shape index (κ2) is 5.64. The molecule has 0 aliphatic rings. The number of carbonyl (C=O) groups excluding carboxylic acids is 2. The second-order valence-electron chi connectivity index (χ2n) is 4.31. The Hall–Kier alpha value is -1.88. The predicted molar refractivity (Wildman–Crippen MR) is 67.6 cm³/mol. The van der Waals surface area contributed by atoms with Crippen LogP contribution in [0.1, 0.15) is 12.5 Å². The molecule has 0 spiro atoms. The van der Waals surface area contributed by atoms with Crippen LogP contribution >= 0.6 is 0 Å². The first kappa shape index (κ1) is 14.2. The van der Waals surface area contributed by atoms with E-state index in [0.717, 1.165) is 0 Å². The van der Waals surface area contributed by atoms with Crippen LogP contribution in [0.15, 0.2) is 30.3 Å². The molecule has 1 rings (SSSR count). The molecular formula is C13H18N2O3. The van der Waals surface area contributed by atoms with E-state index in [9.17, 15) is 9.59 Å². The van der Waals surface area contributed by atoms with Crippen LogP contribution in [0.3, 0.4) is 0 Å². The van der Waals surface area contributed by atoms with Crippen LogP contribution < -0.4 is 5.73 Å². The Labute approximate surface area is 107 Å². The molecule has 0 aromatic heterocycles. The lowest BCUT2D eigenvalue weighted by molar-refractivity contribution is -0.147. The summed E-state index contributed by atoms with van der Waals surface area (Å²) in [5.74, 6) is -0.811. The highest BCUT2D eigenvalue weighted by Gasteiger charge is 2.33. The van der Waals surface area contributed by atoms with Gasteiger partial charge in [-0.3, -0.25) is 9.59 Å². The summed E-state index contributed by atoms with van der Waals surface area (Å²) < 4.78 is 4.52. The van der Waals surface area contributed by atoms with Crippen molar-refractivity contribution in [2.75, 3.05) is 20.7 Å². The summed E-state index contributed by atoms with van der Waals surface area (Å²) in [6.07, 6.45) is 0. The van der Waals surface area contributed by atoms with Crippen molar-refractivity contribution in [3.8, 4) is 0 Å². The quantitative estimate of drug-likeness (QED) is 0.789. The second-order valence-corrected chi connectivity index (χ2v) is 4.31. The lowest BCUT2D eigenvalue weighted by atomic mass is 9.92. The minimum absolute atomic E-state index is 0.116. The summed E-state index contributed by atoms with van der Waals surface area (Å²) in [6, 6.07) is 9.04. The third-order valence-electron chi connectivity index (χ3n) is 2.76. The molecule has 0 fully saturated rings. The maximum absolute atomic E-state index is 12.2. The van der Waals surface area contributed by atoms with Gasteiger partial charge < -0.3 is 15.4 Å². The first-order valence-electron chi connectivity index (χ1n) is 5.56. The number of likely N-dealkylation sites (N-methyl/N-ethyl adjacent to an activating group) is 1. The molecule has 0 bridgehead atoms. The number of esters is 1. The largest absolute Gasteiger partial charge is 0.468 e. The number of rotatable bonds is 4. The third kappa shape index (κ3) is 3.07. The number of nitrogens with zero attached hydrogens (tertiary/aromatic N) is 1. The SMILES string of the molecule is COC(=O)CN(C)C(=O)C(C)(N)c1ccccc1. The fourth-order valence-corrected chi connectivity index (χ4v) is 1.63. The summed E-state index contributed by atoms with van der Waals surface area (Å²) in [4.78, 5) is 24.6. The topological polar surface area (TPSA) is 72.6 Å². The van der Waals surface area contributed by atoms with Crippen molar-refractivity contribution in [1.82, 2.24) is 4.90 Å². The first-order chi connectivity index (χ1) is 8.39. The standard InChI is InChI=1S/C13H18N2O3/c1-13(14,10-7-5-4-6-8-10)12(17)15(2)9-11(16)18-3/h4-8H,9,14H2,1-3H3. The van der Waals surface area contributed by atoms with Crippen molar-refractivity contribution >= 4 is 11.9 Å². The van der Waals surface area contributed by atoms with E-state index in [0.29, 0.717) is 5.56 Å². The molecule has 0 saturated carbocycles. The molecule has 2 N–H and O–H groups in total. The van der Waals surface area contributed by atoms with Crippen molar-refractivity contribution < 1.29 is 14.3 Å². The van der Waals surface area contributed by atoms with Crippen molar-refractivity contribution in [3.05, 3.63) is 35.9 Å². The van der Waals surface area contributed by atoms with Crippen LogP contribution in [0.4, 0.5) is 0 Å². The van der Waals surface area contributed by atoms with Crippen LogP contribution in [0, 0.1) is 0 Å². The highest BCUT2D eigenvalue weighted by atomic mass is 16.5. The minimum Gasteiger partial charge on any atom is -0.468 e. The van der Waals surface area contributed by atoms with Gasteiger partial charge in [-0.15, -0.1) is 0 Å². The van der Waals surface area contributed by atoms with Crippen molar-refractivity contribution in [3.63, 3.8) is 0 Å². The Kier molecular flexibility index (Phi) is 4.44. The van der Waals surface area contributed by atoms with Gasteiger partial charge in [0.15, 0.2) is 0 Å². The molecule has 0 radical (unpaired) electrons. The number of nitrogens with two attached hydrogens (primary N) is 1. The Morgan fingerprint density at radius 1 is 1.33 bits per heavy atom. The number of hydrogen-bond donors (Lipinski definition) is 1. The predicted octanol–water partition coefficient (Wildman–Crippen LogP) is 0.492. The van der Waals surface area contributed by atoms with Gasteiger partial charge in [0.1, 0.15) is 12.1 Å². The summed E-state index contributed by atoms with van der Waals surface area (Å²) in [6.45, 7) is 1.51. The monoisotopic (exact) mass is 250 g/mol. The molecule has 5 nitrogen and oxygen atoms in total. The number of carbonyl (C=O) groups is 2. The third-order valence-corrected chi connectivity index (χ3v) is 2.76. The lowest BCUT2D eigenvalue weighted by Crippen LogP contribution is -2.50. The van der Waals surface area contributed by atoms with Crippen LogP contribution in [0.25, 0.3) is 0 Å². The summed E-state index contributed by atoms with van der Waals surface area (Å²) in [5, 5.41) is 0. The van der Waals surface area contributed by atoms with Gasteiger partial charge in [-0.1, -0.05) is 30.3 Å². The molecule has 98 valence electrons. The van der Waals surface area contributed by atoms with Gasteiger partial charge in [-0.2, -0.15) is 0 Å². The minimum atomic E-state index is -1.16. The van der Waals surface area contributed by atoms with Crippen LogP contribution in [-0.4, -0.2) is 37.5 Å². The van der Waals surface area contributed by atoms with Crippen LogP contribution in [-0.2, 0) is 19.9 Å². The summed E-state index contributed by atoms with van der Waals surface area (Å²) in [7, 11) is 2.80. The highest BCUT2D eigenvalue weighted by Crippen LogP contribution is 2.19. The highest BCUT2D eigenvalue weighted by molar-refractivity contribution is 5.89. The van der Waals surface area contributed by atoms with E-state index in [1.54, 1.807) is 19.1 Å². The Bertz CT molecular complexity index is 429. The first-order valence-corrected chi connectivity index (χ1v) is 5.56. The molecular weight excluding hydrogens is 232 g/mol. The van der Waals surface area contributed by atoms with Gasteiger partial charge in [0.2, 0.25) is 5.91 Å². The van der Waals surface area contributed by atoms with Gasteiger partial charge in [0, 0.05) is 7.05 Å². The van der Waals surface area contributed by atoms with E-state index in [2.05, 4.69) is 4.74 Å². The molecule has 1 aromatic carbocycles. The van der Waals surface area contributed by atoms with Crippen LogP contribution in [0.2, 0.25) is 0 Å². The molecule has 1 unspecified atom stereocenters. The van der Waals surface area contributed by atoms with Crippen molar-refractivity contribution in [2.24, 2.45) is 5.73 Å². The maximum atomic E-state index is 12.2. The summed E-state index contributed by atoms with van der Waals surface area (Å²) in [5.41, 5.74) is 5.59. The number of benzene rings is 1. The number of methoxy groups -OCH3 is 1. The average Bonchev–Trinajstić information content (AvgIpc) is 2.38. The van der Waals surface area contributed by atoms with E-state index in [1.807, 2.05) is 18.2 Å². The van der Waals surface area contributed by atoms with Gasteiger partial charge in [-0.25, -0.2) is 0 Å². The molecule has 0 aliphatic carbocycles. The fraction of sp³-hybridized carbons (Fsp3) is 0.385. The van der Waals surface area contributed by atoms with Gasteiger partial charge in [0.05, 0.1) is 7.11 Å². The normalized spacial score (nSPS) is 13.6. The van der Waals surface area contributed by atoms with Crippen molar-refractivity contribution in [2.45, 2.75) is 12.5 Å². The zero-order valence-electron chi connectivity index (χ0n) is 10.8. The zero-order chi connectivity index (χ0) is 13.8. The molecule has 0 saturated heterocycles. The van der Waals surface area contributed by atoms with Gasteiger partial charge in [-0.05, 0) is 12.5 Å². The van der Waals surface area contributed by atoms with E-state index in [1.165, 1.54) is 19.1 Å². The van der Waals surface area contributed by atoms with E-state index < -0.39 is 11.5 Å². The molecule has 18 heavy (non-hydrogen) atoms. The fourth-order valence-electron chi connectivity index (χ4n) is 1.63. The van der Waals surface area contributed by atoms with E-state index >= 15 is 0 Å². The lowest BCUT2D eigenvalue weighted by Gasteiger charge is -2.29. The molecule has 0 aliphatic heterocycles. The van der Waals surface area contributed by atoms with E-state index in [-0.39, 0.29) is 12.5 Å². The number of ether oxygens (including phenoxy) is 1. The average molecular weight is 250 g/mol. The smallest absolute Gasteiger partial charge is 0.325 e. The Balaban J connectivity index is 2.85. The molecule has 0 heterocycles. The number of hydrogen-bond acceptors (Lipinski definition) is 4. The molecule has 1 aromatic rings. The Morgan fingerprint density at radius 2 is 1.89 bits per heavy atom. The van der Waals surface area contributed by atoms with Crippen LogP contribution in [0.5, 0.6) is 0 Å². The summed E-state index contributed by atoms with van der Waals surface area (Å²) >= 11 is 0. The van der Waals surface area contributed by atoms with Gasteiger partial charge >= 0.3 is 5.97 Å². The molecule has 1 amide bonds. The number of amides is 1.